The van der Waals surface area contributed by atoms with Crippen molar-refractivity contribution in [3.63, 3.8) is 0 Å². The molecule has 6 heteroatoms. The monoisotopic (exact) mass is 280 g/mol. The molecule has 0 saturated heterocycles. The van der Waals surface area contributed by atoms with Crippen LogP contribution < -0.4 is 11.1 Å². The second-order valence-corrected chi connectivity index (χ2v) is 5.22. The minimum atomic E-state index is -1.26. The van der Waals surface area contributed by atoms with Crippen LogP contribution in [0.5, 0.6) is 0 Å². The molecule has 1 atom stereocenters. The molecule has 0 spiro atoms. The molecular formula is C14H20N2O4. The Morgan fingerprint density at radius 3 is 2.40 bits per heavy atom. The average molecular weight is 280 g/mol. The summed E-state index contributed by atoms with van der Waals surface area (Å²) < 4.78 is 9.97. The van der Waals surface area contributed by atoms with E-state index in [1.54, 1.807) is 20.8 Å². The molecule has 0 aliphatic rings. The molecule has 0 radical (unpaired) electrons. The van der Waals surface area contributed by atoms with E-state index in [1.165, 1.54) is 0 Å². The van der Waals surface area contributed by atoms with Gasteiger partial charge in [0.2, 0.25) is 0 Å². The highest BCUT2D eigenvalue weighted by atomic mass is 16.6. The first-order valence-corrected chi connectivity index (χ1v) is 6.23. The van der Waals surface area contributed by atoms with Crippen molar-refractivity contribution in [2.45, 2.75) is 39.1 Å². The average Bonchev–Trinajstić information content (AvgIpc) is 2.34. The van der Waals surface area contributed by atoms with Crippen molar-refractivity contribution in [1.29, 1.82) is 0 Å². The van der Waals surface area contributed by atoms with Gasteiger partial charge in [-0.3, -0.25) is 5.32 Å². The van der Waals surface area contributed by atoms with Gasteiger partial charge in [-0.15, -0.1) is 0 Å². The summed E-state index contributed by atoms with van der Waals surface area (Å²) in [7, 11) is 0. The predicted octanol–water partition coefficient (Wildman–Crippen LogP) is 1.54. The van der Waals surface area contributed by atoms with Gasteiger partial charge in [-0.25, -0.2) is 9.59 Å². The molecule has 1 amide bonds. The lowest BCUT2D eigenvalue weighted by Gasteiger charge is -2.21. The van der Waals surface area contributed by atoms with Crippen molar-refractivity contribution < 1.29 is 19.1 Å². The summed E-state index contributed by atoms with van der Waals surface area (Å²) >= 11 is 0. The molecule has 0 heterocycles. The van der Waals surface area contributed by atoms with Crippen LogP contribution in [-0.4, -0.2) is 23.8 Å². The zero-order valence-corrected chi connectivity index (χ0v) is 11.9. The van der Waals surface area contributed by atoms with Gasteiger partial charge in [-0.1, -0.05) is 30.3 Å². The van der Waals surface area contributed by atoms with E-state index in [-0.39, 0.29) is 6.61 Å². The third kappa shape index (κ3) is 6.19. The first-order valence-electron chi connectivity index (χ1n) is 6.23. The van der Waals surface area contributed by atoms with E-state index < -0.39 is 23.8 Å². The number of amides is 1. The summed E-state index contributed by atoms with van der Waals surface area (Å²) in [6.07, 6.45) is -2.02. The van der Waals surface area contributed by atoms with Gasteiger partial charge in [0.1, 0.15) is 12.2 Å². The Bertz CT molecular complexity index is 454. The first kappa shape index (κ1) is 16.0. The number of hydrogen-bond acceptors (Lipinski definition) is 5. The predicted molar refractivity (Wildman–Crippen MR) is 73.6 cm³/mol. The SMILES string of the molecule is CC(C)(C)OC(=O)NC(N)C(=O)OCc1ccccc1. The minimum absolute atomic E-state index is 0.101. The van der Waals surface area contributed by atoms with Gasteiger partial charge in [0.15, 0.2) is 6.17 Å². The molecule has 20 heavy (non-hydrogen) atoms. The number of nitrogens with two attached hydrogens (primary N) is 1. The van der Waals surface area contributed by atoms with Gasteiger partial charge in [0.25, 0.3) is 0 Å². The van der Waals surface area contributed by atoms with E-state index in [2.05, 4.69) is 5.32 Å². The fourth-order valence-electron chi connectivity index (χ4n) is 1.31. The van der Waals surface area contributed by atoms with E-state index in [4.69, 9.17) is 15.2 Å². The van der Waals surface area contributed by atoms with Crippen LogP contribution in [0.4, 0.5) is 4.79 Å². The molecule has 0 aliphatic carbocycles. The summed E-state index contributed by atoms with van der Waals surface area (Å²) in [5, 5.41) is 2.21. The molecule has 3 N–H and O–H groups in total. The Kier molecular flexibility index (Phi) is 5.52. The Labute approximate surface area is 118 Å². The van der Waals surface area contributed by atoms with Crippen LogP contribution in [0.2, 0.25) is 0 Å². The molecule has 1 rings (SSSR count). The van der Waals surface area contributed by atoms with Crippen molar-refractivity contribution in [2.75, 3.05) is 0 Å². The van der Waals surface area contributed by atoms with Crippen molar-refractivity contribution in [2.24, 2.45) is 5.73 Å². The van der Waals surface area contributed by atoms with Crippen molar-refractivity contribution in [3.8, 4) is 0 Å². The van der Waals surface area contributed by atoms with Crippen LogP contribution in [0.15, 0.2) is 30.3 Å². The zero-order valence-electron chi connectivity index (χ0n) is 11.9. The second kappa shape index (κ2) is 6.91. The highest BCUT2D eigenvalue weighted by Gasteiger charge is 2.22. The first-order chi connectivity index (χ1) is 9.28. The third-order valence-electron chi connectivity index (χ3n) is 2.15. The zero-order chi connectivity index (χ0) is 15.2. The number of alkyl carbamates (subject to hydrolysis) is 1. The number of benzene rings is 1. The highest BCUT2D eigenvalue weighted by molar-refractivity contribution is 5.80. The Morgan fingerprint density at radius 1 is 1.25 bits per heavy atom. The highest BCUT2D eigenvalue weighted by Crippen LogP contribution is 2.06. The normalized spacial score (nSPS) is 12.4. The van der Waals surface area contributed by atoms with Gasteiger partial charge in [0, 0.05) is 0 Å². The maximum atomic E-state index is 11.6. The Morgan fingerprint density at radius 2 is 1.85 bits per heavy atom. The second-order valence-electron chi connectivity index (χ2n) is 5.22. The molecule has 110 valence electrons. The number of esters is 1. The number of ether oxygens (including phenoxy) is 2. The molecule has 1 unspecified atom stereocenters. The van der Waals surface area contributed by atoms with E-state index in [0.29, 0.717) is 0 Å². The van der Waals surface area contributed by atoms with Crippen LogP contribution >= 0.6 is 0 Å². The third-order valence-corrected chi connectivity index (χ3v) is 2.15. The Hall–Kier alpha value is -2.08. The summed E-state index contributed by atoms with van der Waals surface area (Å²) in [5.74, 6) is -0.722. The largest absolute Gasteiger partial charge is 0.458 e. The van der Waals surface area contributed by atoms with E-state index >= 15 is 0 Å². The van der Waals surface area contributed by atoms with Crippen LogP contribution in [0.25, 0.3) is 0 Å². The molecule has 1 aromatic rings. The van der Waals surface area contributed by atoms with Gasteiger partial charge >= 0.3 is 12.1 Å². The summed E-state index contributed by atoms with van der Waals surface area (Å²) in [5.41, 5.74) is 5.70. The summed E-state index contributed by atoms with van der Waals surface area (Å²) in [6.45, 7) is 5.24. The van der Waals surface area contributed by atoms with Crippen LogP contribution in [-0.2, 0) is 20.9 Å². The molecule has 0 bridgehead atoms. The van der Waals surface area contributed by atoms with Gasteiger partial charge in [-0.2, -0.15) is 0 Å². The molecule has 1 aromatic carbocycles. The lowest BCUT2D eigenvalue weighted by Crippen LogP contribution is -2.49. The summed E-state index contributed by atoms with van der Waals surface area (Å²) in [6, 6.07) is 9.17. The smallest absolute Gasteiger partial charge is 0.409 e. The lowest BCUT2D eigenvalue weighted by atomic mass is 10.2. The van der Waals surface area contributed by atoms with E-state index in [1.807, 2.05) is 30.3 Å². The number of hydrogen-bond donors (Lipinski definition) is 2. The van der Waals surface area contributed by atoms with Crippen molar-refractivity contribution in [1.82, 2.24) is 5.32 Å². The number of nitrogens with one attached hydrogen (secondary N) is 1. The number of carbonyl (C=O) groups excluding carboxylic acids is 2. The molecule has 0 aliphatic heterocycles. The van der Waals surface area contributed by atoms with E-state index in [9.17, 15) is 9.59 Å². The minimum Gasteiger partial charge on any atom is -0.458 e. The van der Waals surface area contributed by atoms with Crippen molar-refractivity contribution in [3.05, 3.63) is 35.9 Å². The maximum Gasteiger partial charge on any atom is 0.409 e. The molecular weight excluding hydrogens is 260 g/mol. The van der Waals surface area contributed by atoms with E-state index in [0.717, 1.165) is 5.56 Å². The van der Waals surface area contributed by atoms with Gasteiger partial charge < -0.3 is 15.2 Å². The fourth-order valence-corrected chi connectivity index (χ4v) is 1.31. The quantitative estimate of drug-likeness (QED) is 0.645. The maximum absolute atomic E-state index is 11.6. The van der Waals surface area contributed by atoms with Crippen LogP contribution in [0.1, 0.15) is 26.3 Å². The van der Waals surface area contributed by atoms with Gasteiger partial charge in [0.05, 0.1) is 0 Å². The standard InChI is InChI=1S/C14H20N2O4/c1-14(2,3)20-13(18)16-11(15)12(17)19-9-10-7-5-4-6-8-10/h4-8,11H,9,15H2,1-3H3,(H,16,18). The molecule has 0 fully saturated rings. The van der Waals surface area contributed by atoms with Crippen molar-refractivity contribution >= 4 is 12.1 Å². The summed E-state index contributed by atoms with van der Waals surface area (Å²) in [4.78, 5) is 23.0. The molecule has 0 aromatic heterocycles. The Balaban J connectivity index is 2.38. The topological polar surface area (TPSA) is 90.6 Å². The van der Waals surface area contributed by atoms with Gasteiger partial charge in [-0.05, 0) is 26.3 Å². The number of rotatable bonds is 4. The van der Waals surface area contributed by atoms with Crippen LogP contribution in [0, 0.1) is 0 Å². The lowest BCUT2D eigenvalue weighted by molar-refractivity contribution is -0.147. The number of carbonyl (C=O) groups is 2. The molecule has 6 nitrogen and oxygen atoms in total. The fraction of sp³-hybridized carbons (Fsp3) is 0.429. The van der Waals surface area contributed by atoms with Crippen LogP contribution in [0.3, 0.4) is 0 Å². The molecule has 0 saturated carbocycles.